The molecule has 0 saturated heterocycles. The number of nitrogens with zero attached hydrogens (tertiary/aromatic N) is 1. The molecule has 2 nitrogen and oxygen atoms in total. The number of nitrogens with one attached hydrogen (secondary N) is 1. The highest BCUT2D eigenvalue weighted by Crippen LogP contribution is 2.36. The van der Waals surface area contributed by atoms with Crippen LogP contribution in [0.5, 0.6) is 0 Å². The van der Waals surface area contributed by atoms with Crippen LogP contribution in [0.2, 0.25) is 5.02 Å². The molecule has 0 amide bonds. The van der Waals surface area contributed by atoms with Crippen LogP contribution in [0, 0.1) is 12.8 Å². The molecular weight excluding hydrogens is 264 g/mol. The van der Waals surface area contributed by atoms with Crippen molar-refractivity contribution in [2.24, 2.45) is 10.9 Å². The normalized spacial score (nSPS) is 26.7. The van der Waals surface area contributed by atoms with Crippen molar-refractivity contribution in [1.29, 1.82) is 0 Å². The topological polar surface area (TPSA) is 24.4 Å². The van der Waals surface area contributed by atoms with Gasteiger partial charge in [-0.3, -0.25) is 4.99 Å². The lowest BCUT2D eigenvalue weighted by atomic mass is 10.1. The molecule has 1 heterocycles. The summed E-state index contributed by atoms with van der Waals surface area (Å²) in [5.41, 5.74) is 2.17. The summed E-state index contributed by atoms with van der Waals surface area (Å²) in [5.74, 6) is 1.99. The van der Waals surface area contributed by atoms with Crippen LogP contribution in [0.15, 0.2) is 23.2 Å². The lowest BCUT2D eigenvalue weighted by molar-refractivity contribution is 0.535. The van der Waals surface area contributed by atoms with E-state index in [1.54, 1.807) is 0 Å². The molecule has 0 aromatic heterocycles. The zero-order chi connectivity index (χ0) is 12.5. The Balaban J connectivity index is 1.80. The highest BCUT2D eigenvalue weighted by atomic mass is 35.5. The molecule has 1 aliphatic carbocycles. The Labute approximate surface area is 117 Å². The molecule has 2 atom stereocenters. The Morgan fingerprint density at radius 1 is 1.39 bits per heavy atom. The van der Waals surface area contributed by atoms with Crippen molar-refractivity contribution in [2.45, 2.75) is 32.2 Å². The molecule has 18 heavy (non-hydrogen) atoms. The van der Waals surface area contributed by atoms with Crippen LogP contribution in [-0.2, 0) is 0 Å². The average Bonchev–Trinajstić information content (AvgIpc) is 2.81. The summed E-state index contributed by atoms with van der Waals surface area (Å²) in [7, 11) is 0. The minimum Gasteiger partial charge on any atom is -0.334 e. The lowest BCUT2D eigenvalue weighted by Gasteiger charge is -2.24. The van der Waals surface area contributed by atoms with E-state index in [2.05, 4.69) is 18.3 Å². The van der Waals surface area contributed by atoms with Gasteiger partial charge in [-0.25, -0.2) is 0 Å². The van der Waals surface area contributed by atoms with Crippen molar-refractivity contribution in [1.82, 2.24) is 0 Å². The van der Waals surface area contributed by atoms with Gasteiger partial charge in [0.05, 0.1) is 16.8 Å². The second-order valence-electron chi connectivity index (χ2n) is 5.06. The molecule has 3 rings (SSSR count). The predicted molar refractivity (Wildman–Crippen MR) is 80.8 cm³/mol. The molecule has 0 bridgehead atoms. The molecule has 96 valence electrons. The summed E-state index contributed by atoms with van der Waals surface area (Å²) >= 11 is 8.07. The molecule has 2 aliphatic rings. The highest BCUT2D eigenvalue weighted by Gasteiger charge is 2.31. The number of aryl methyl sites for hydroxylation is 1. The van der Waals surface area contributed by atoms with Crippen LogP contribution in [0.1, 0.15) is 24.8 Å². The van der Waals surface area contributed by atoms with Gasteiger partial charge in [0.1, 0.15) is 0 Å². The first-order valence-electron chi connectivity index (χ1n) is 6.47. The van der Waals surface area contributed by atoms with E-state index < -0.39 is 0 Å². The molecular formula is C14H17ClN2S. The second kappa shape index (κ2) is 5.14. The average molecular weight is 281 g/mol. The van der Waals surface area contributed by atoms with Crippen molar-refractivity contribution in [2.75, 3.05) is 11.1 Å². The number of hydrogen-bond acceptors (Lipinski definition) is 3. The predicted octanol–water partition coefficient (Wildman–Crippen LogP) is 4.33. The van der Waals surface area contributed by atoms with Gasteiger partial charge in [-0.1, -0.05) is 41.9 Å². The highest BCUT2D eigenvalue weighted by molar-refractivity contribution is 8.14. The van der Waals surface area contributed by atoms with Gasteiger partial charge in [-0.15, -0.1) is 0 Å². The molecule has 1 aromatic rings. The van der Waals surface area contributed by atoms with Gasteiger partial charge in [0.25, 0.3) is 0 Å². The third kappa shape index (κ3) is 2.39. The van der Waals surface area contributed by atoms with Crippen LogP contribution in [-0.4, -0.2) is 17.0 Å². The van der Waals surface area contributed by atoms with Gasteiger partial charge in [0.15, 0.2) is 5.17 Å². The number of amidine groups is 1. The molecule has 4 heteroatoms. The van der Waals surface area contributed by atoms with E-state index in [9.17, 15) is 0 Å². The fourth-order valence-electron chi connectivity index (χ4n) is 2.72. The smallest absolute Gasteiger partial charge is 0.161 e. The summed E-state index contributed by atoms with van der Waals surface area (Å²) in [6.07, 6.45) is 3.93. The van der Waals surface area contributed by atoms with E-state index in [0.29, 0.717) is 6.04 Å². The molecule has 2 unspecified atom stereocenters. The zero-order valence-electron chi connectivity index (χ0n) is 10.4. The quantitative estimate of drug-likeness (QED) is 0.828. The molecule has 0 spiro atoms. The zero-order valence-corrected chi connectivity index (χ0v) is 12.0. The number of benzene rings is 1. The van der Waals surface area contributed by atoms with Crippen LogP contribution in [0.4, 0.5) is 5.69 Å². The molecule has 1 aromatic carbocycles. The molecule has 0 radical (unpaired) electrons. The minimum absolute atomic E-state index is 0.538. The van der Waals surface area contributed by atoms with Crippen LogP contribution in [0.25, 0.3) is 0 Å². The summed E-state index contributed by atoms with van der Waals surface area (Å²) in [5, 5.41) is 5.22. The van der Waals surface area contributed by atoms with Crippen molar-refractivity contribution in [3.05, 3.63) is 28.8 Å². The second-order valence-corrected chi connectivity index (χ2v) is 6.48. The van der Waals surface area contributed by atoms with E-state index >= 15 is 0 Å². The summed E-state index contributed by atoms with van der Waals surface area (Å²) in [6, 6.07) is 6.51. The van der Waals surface area contributed by atoms with Gasteiger partial charge in [0.2, 0.25) is 0 Å². The van der Waals surface area contributed by atoms with Crippen LogP contribution < -0.4 is 5.32 Å². The Bertz CT molecular complexity index is 466. The lowest BCUT2D eigenvalue weighted by Crippen LogP contribution is -2.25. The monoisotopic (exact) mass is 280 g/mol. The molecule has 1 saturated carbocycles. The van der Waals surface area contributed by atoms with Crippen LogP contribution >= 0.6 is 23.4 Å². The van der Waals surface area contributed by atoms with Gasteiger partial charge in [-0.2, -0.15) is 0 Å². The number of fused-ring (bicyclic) bond motifs is 1. The number of aliphatic imine (C=N–C) groups is 1. The van der Waals surface area contributed by atoms with E-state index in [1.165, 1.54) is 30.6 Å². The van der Waals surface area contributed by atoms with E-state index in [-0.39, 0.29) is 0 Å². The van der Waals surface area contributed by atoms with Crippen molar-refractivity contribution >= 4 is 34.2 Å². The molecule has 1 N–H and O–H groups in total. The largest absolute Gasteiger partial charge is 0.334 e. The summed E-state index contributed by atoms with van der Waals surface area (Å²) in [6.45, 7) is 2.07. The maximum atomic E-state index is 6.23. The number of thioether (sulfide) groups is 1. The van der Waals surface area contributed by atoms with E-state index in [0.717, 1.165) is 21.8 Å². The number of halogens is 1. The van der Waals surface area contributed by atoms with Crippen molar-refractivity contribution < 1.29 is 0 Å². The summed E-state index contributed by atoms with van der Waals surface area (Å²) < 4.78 is 0. The van der Waals surface area contributed by atoms with Crippen LogP contribution in [0.3, 0.4) is 0 Å². The fourth-order valence-corrected chi connectivity index (χ4v) is 4.13. The van der Waals surface area contributed by atoms with Gasteiger partial charge >= 0.3 is 0 Å². The first kappa shape index (κ1) is 12.4. The number of para-hydroxylation sites is 1. The standard InChI is InChI=1S/C14H17ClN2S/c1-9-4-2-6-11(15)13(9)17-14-16-12-7-3-5-10(12)8-18-14/h2,4,6,10,12H,3,5,7-8H2,1H3,(H,16,17). The number of hydrogen-bond donors (Lipinski definition) is 1. The van der Waals surface area contributed by atoms with Crippen molar-refractivity contribution in [3.63, 3.8) is 0 Å². The Hall–Kier alpha value is -0.670. The third-order valence-electron chi connectivity index (χ3n) is 3.79. The summed E-state index contributed by atoms with van der Waals surface area (Å²) in [4.78, 5) is 4.83. The Kier molecular flexibility index (Phi) is 3.53. The Morgan fingerprint density at radius 2 is 2.28 bits per heavy atom. The van der Waals surface area contributed by atoms with Gasteiger partial charge in [-0.05, 0) is 37.3 Å². The third-order valence-corrected chi connectivity index (χ3v) is 5.18. The van der Waals surface area contributed by atoms with E-state index in [1.807, 2.05) is 23.9 Å². The number of anilines is 1. The first-order valence-corrected chi connectivity index (χ1v) is 7.83. The maximum absolute atomic E-state index is 6.23. The maximum Gasteiger partial charge on any atom is 0.161 e. The SMILES string of the molecule is Cc1cccc(Cl)c1NC1=NC2CCCC2CS1. The molecule has 1 fully saturated rings. The van der Waals surface area contributed by atoms with Gasteiger partial charge in [0, 0.05) is 5.75 Å². The molecule has 1 aliphatic heterocycles. The van der Waals surface area contributed by atoms with Crippen molar-refractivity contribution in [3.8, 4) is 0 Å². The number of rotatable bonds is 1. The van der Waals surface area contributed by atoms with Gasteiger partial charge < -0.3 is 5.32 Å². The van der Waals surface area contributed by atoms with E-state index in [4.69, 9.17) is 16.6 Å². The minimum atomic E-state index is 0.538. The first-order chi connectivity index (χ1) is 8.74. The Morgan fingerprint density at radius 3 is 3.11 bits per heavy atom. The fraction of sp³-hybridized carbons (Fsp3) is 0.500.